The van der Waals surface area contributed by atoms with Gasteiger partial charge in [-0.05, 0) is 12.8 Å². The molecule has 1 aliphatic rings. The highest BCUT2D eigenvalue weighted by atomic mass is 32.1. The zero-order chi connectivity index (χ0) is 15.9. The predicted octanol–water partition coefficient (Wildman–Crippen LogP) is 0.518. The van der Waals surface area contributed by atoms with E-state index in [0.29, 0.717) is 6.54 Å². The Morgan fingerprint density at radius 3 is 2.77 bits per heavy atom. The third kappa shape index (κ3) is 2.29. The Bertz CT molecular complexity index is 822. The van der Waals surface area contributed by atoms with Crippen LogP contribution in [0.15, 0.2) is 27.2 Å². The van der Waals surface area contributed by atoms with Crippen molar-refractivity contribution in [3.63, 3.8) is 0 Å². The quantitative estimate of drug-likeness (QED) is 0.808. The van der Waals surface area contributed by atoms with Crippen LogP contribution in [0.25, 0.3) is 0 Å². The molecule has 1 atom stereocenters. The van der Waals surface area contributed by atoms with Crippen LogP contribution in [0.5, 0.6) is 0 Å². The number of amides is 1. The fourth-order valence-corrected chi connectivity index (χ4v) is 3.54. The van der Waals surface area contributed by atoms with E-state index in [1.165, 1.54) is 36.1 Å². The molecule has 7 nitrogen and oxygen atoms in total. The van der Waals surface area contributed by atoms with Crippen molar-refractivity contribution in [3.8, 4) is 0 Å². The summed E-state index contributed by atoms with van der Waals surface area (Å²) in [4.78, 5) is 42.6. The van der Waals surface area contributed by atoms with Crippen LogP contribution in [0.2, 0.25) is 0 Å². The summed E-state index contributed by atoms with van der Waals surface area (Å²) in [5.74, 6) is -0.296. The highest BCUT2D eigenvalue weighted by Gasteiger charge is 2.33. The maximum absolute atomic E-state index is 12.8. The second-order valence-corrected chi connectivity index (χ2v) is 6.22. The molecule has 2 aromatic heterocycles. The van der Waals surface area contributed by atoms with Gasteiger partial charge >= 0.3 is 5.69 Å². The van der Waals surface area contributed by atoms with Gasteiger partial charge < -0.3 is 4.90 Å². The third-order valence-electron chi connectivity index (χ3n) is 4.00. The number of thiazole rings is 1. The van der Waals surface area contributed by atoms with Crippen LogP contribution in [0.4, 0.5) is 0 Å². The molecule has 22 heavy (non-hydrogen) atoms. The smallest absolute Gasteiger partial charge is 0.328 e. The zero-order valence-corrected chi connectivity index (χ0v) is 13.2. The number of carbonyl (C=O) groups excluding carboxylic acids is 1. The summed E-state index contributed by atoms with van der Waals surface area (Å²) in [5.41, 5.74) is -0.853. The van der Waals surface area contributed by atoms with Gasteiger partial charge in [-0.1, -0.05) is 0 Å². The molecule has 3 heterocycles. The SMILES string of the molecule is Cn1c(C(=O)N2CCC[C@@H]2c2nccs2)cc(=O)n(C)c1=O. The van der Waals surface area contributed by atoms with Crippen LogP contribution in [0, 0.1) is 0 Å². The molecule has 1 amide bonds. The van der Waals surface area contributed by atoms with Crippen LogP contribution in [0.3, 0.4) is 0 Å². The average Bonchev–Trinajstić information content (AvgIpc) is 3.17. The van der Waals surface area contributed by atoms with Gasteiger partial charge in [0.1, 0.15) is 10.7 Å². The third-order valence-corrected chi connectivity index (χ3v) is 4.87. The zero-order valence-electron chi connectivity index (χ0n) is 12.4. The van der Waals surface area contributed by atoms with Crippen molar-refractivity contribution >= 4 is 17.2 Å². The van der Waals surface area contributed by atoms with Crippen molar-refractivity contribution in [1.82, 2.24) is 19.0 Å². The summed E-state index contributed by atoms with van der Waals surface area (Å²) >= 11 is 1.51. The molecular formula is C14H16N4O3S. The molecule has 8 heteroatoms. The lowest BCUT2D eigenvalue weighted by Crippen LogP contribution is -2.42. The van der Waals surface area contributed by atoms with Crippen LogP contribution in [-0.2, 0) is 14.1 Å². The van der Waals surface area contributed by atoms with Crippen LogP contribution in [-0.4, -0.2) is 31.5 Å². The lowest BCUT2D eigenvalue weighted by atomic mass is 10.2. The van der Waals surface area contributed by atoms with Gasteiger partial charge in [-0.25, -0.2) is 9.78 Å². The van der Waals surface area contributed by atoms with Gasteiger partial charge in [0, 0.05) is 38.3 Å². The average molecular weight is 320 g/mol. The van der Waals surface area contributed by atoms with Gasteiger partial charge in [-0.3, -0.25) is 18.7 Å². The molecule has 0 N–H and O–H groups in total. The molecule has 0 bridgehead atoms. The van der Waals surface area contributed by atoms with Crippen molar-refractivity contribution < 1.29 is 4.79 Å². The Labute approximate surface area is 130 Å². The topological polar surface area (TPSA) is 77.2 Å². The Kier molecular flexibility index (Phi) is 3.69. The number of hydrogen-bond acceptors (Lipinski definition) is 5. The van der Waals surface area contributed by atoms with Gasteiger partial charge in [-0.15, -0.1) is 11.3 Å². The lowest BCUT2D eigenvalue weighted by molar-refractivity contribution is 0.0723. The highest BCUT2D eigenvalue weighted by Crippen LogP contribution is 2.33. The fraction of sp³-hybridized carbons (Fsp3) is 0.429. The first kappa shape index (κ1) is 14.7. The second-order valence-electron chi connectivity index (χ2n) is 5.30. The standard InChI is InChI=1S/C14H16N4O3S/c1-16-10(8-11(19)17(2)14(16)21)13(20)18-6-3-4-9(18)12-15-5-7-22-12/h5,7-9H,3-4,6H2,1-2H3/t9-/m1/s1. The highest BCUT2D eigenvalue weighted by molar-refractivity contribution is 7.09. The second kappa shape index (κ2) is 5.53. The van der Waals surface area contributed by atoms with E-state index in [1.54, 1.807) is 11.1 Å². The summed E-state index contributed by atoms with van der Waals surface area (Å²) in [7, 11) is 2.90. The van der Waals surface area contributed by atoms with Gasteiger partial charge in [-0.2, -0.15) is 0 Å². The predicted molar refractivity (Wildman–Crippen MR) is 82.0 cm³/mol. The number of aromatic nitrogens is 3. The van der Waals surface area contributed by atoms with E-state index in [4.69, 9.17) is 0 Å². The minimum atomic E-state index is -0.499. The Morgan fingerprint density at radius 2 is 2.09 bits per heavy atom. The van der Waals surface area contributed by atoms with Crippen molar-refractivity contribution in [2.45, 2.75) is 18.9 Å². The molecule has 0 unspecified atom stereocenters. The normalized spacial score (nSPS) is 17.9. The lowest BCUT2D eigenvalue weighted by Gasteiger charge is -2.24. The Balaban J connectivity index is 2.01. The molecule has 0 spiro atoms. The van der Waals surface area contributed by atoms with Gasteiger partial charge in [0.25, 0.3) is 11.5 Å². The molecule has 0 aliphatic carbocycles. The molecule has 0 saturated carbocycles. The van der Waals surface area contributed by atoms with E-state index in [0.717, 1.165) is 22.4 Å². The number of carbonyl (C=O) groups is 1. The molecule has 0 aromatic carbocycles. The van der Waals surface area contributed by atoms with Gasteiger partial charge in [0.05, 0.1) is 6.04 Å². The van der Waals surface area contributed by atoms with E-state index in [-0.39, 0.29) is 17.6 Å². The van der Waals surface area contributed by atoms with Crippen molar-refractivity contribution in [1.29, 1.82) is 0 Å². The van der Waals surface area contributed by atoms with E-state index in [1.807, 2.05) is 5.38 Å². The van der Waals surface area contributed by atoms with E-state index in [2.05, 4.69) is 4.98 Å². The number of nitrogens with zero attached hydrogens (tertiary/aromatic N) is 4. The largest absolute Gasteiger partial charge is 0.331 e. The summed E-state index contributed by atoms with van der Waals surface area (Å²) in [5, 5.41) is 2.77. The van der Waals surface area contributed by atoms with E-state index in [9.17, 15) is 14.4 Å². The summed E-state index contributed by atoms with van der Waals surface area (Å²) < 4.78 is 2.21. The maximum atomic E-state index is 12.8. The van der Waals surface area contributed by atoms with Crippen molar-refractivity contribution in [3.05, 3.63) is 49.2 Å². The van der Waals surface area contributed by atoms with E-state index >= 15 is 0 Å². The Morgan fingerprint density at radius 1 is 1.32 bits per heavy atom. The summed E-state index contributed by atoms with van der Waals surface area (Å²) in [6.45, 7) is 0.604. The minimum absolute atomic E-state index is 0.0772. The number of rotatable bonds is 2. The number of hydrogen-bond donors (Lipinski definition) is 0. The van der Waals surface area contributed by atoms with Crippen molar-refractivity contribution in [2.75, 3.05) is 6.54 Å². The van der Waals surface area contributed by atoms with Crippen molar-refractivity contribution in [2.24, 2.45) is 14.1 Å². The molecule has 3 rings (SSSR count). The molecule has 1 fully saturated rings. The maximum Gasteiger partial charge on any atom is 0.331 e. The summed E-state index contributed by atoms with van der Waals surface area (Å²) in [6, 6.07) is 1.15. The van der Waals surface area contributed by atoms with Crippen LogP contribution >= 0.6 is 11.3 Å². The van der Waals surface area contributed by atoms with Crippen LogP contribution < -0.4 is 11.2 Å². The van der Waals surface area contributed by atoms with Crippen LogP contribution in [0.1, 0.15) is 34.4 Å². The summed E-state index contributed by atoms with van der Waals surface area (Å²) in [6.07, 6.45) is 3.45. The molecule has 116 valence electrons. The molecule has 0 radical (unpaired) electrons. The van der Waals surface area contributed by atoms with Gasteiger partial charge in [0.2, 0.25) is 0 Å². The first-order valence-corrected chi connectivity index (χ1v) is 7.86. The number of likely N-dealkylation sites (tertiary alicyclic amines) is 1. The van der Waals surface area contributed by atoms with Gasteiger partial charge in [0.15, 0.2) is 0 Å². The first-order chi connectivity index (χ1) is 10.5. The fourth-order valence-electron chi connectivity index (χ4n) is 2.75. The van der Waals surface area contributed by atoms with E-state index < -0.39 is 11.2 Å². The monoisotopic (exact) mass is 320 g/mol. The molecule has 1 aliphatic heterocycles. The molecule has 1 saturated heterocycles. The Hall–Kier alpha value is -2.22. The molecule has 2 aromatic rings. The molecular weight excluding hydrogens is 304 g/mol. The first-order valence-electron chi connectivity index (χ1n) is 6.98. The minimum Gasteiger partial charge on any atom is -0.328 e.